The lowest BCUT2D eigenvalue weighted by molar-refractivity contribution is 0.195. The number of hydrogen-bond acceptors (Lipinski definition) is 3. The van der Waals surface area contributed by atoms with Gasteiger partial charge in [-0.15, -0.1) is 0 Å². The average Bonchev–Trinajstić information content (AvgIpc) is 2.28. The van der Waals surface area contributed by atoms with Crippen LogP contribution in [0.4, 0.5) is 5.69 Å². The van der Waals surface area contributed by atoms with Crippen molar-refractivity contribution in [3.05, 3.63) is 23.8 Å². The lowest BCUT2D eigenvalue weighted by atomic mass is 9.82. The number of nitrogens with zero attached hydrogens (tertiary/aromatic N) is 1. The van der Waals surface area contributed by atoms with Gasteiger partial charge in [0, 0.05) is 30.4 Å². The molecule has 3 heteroatoms. The van der Waals surface area contributed by atoms with Gasteiger partial charge >= 0.3 is 0 Å². The lowest BCUT2D eigenvalue weighted by Gasteiger charge is -2.38. The molecule has 2 N–H and O–H groups in total. The third-order valence-electron chi connectivity index (χ3n) is 3.95. The molecule has 1 aromatic rings. The summed E-state index contributed by atoms with van der Waals surface area (Å²) in [4.78, 5) is 2.30. The van der Waals surface area contributed by atoms with Crippen LogP contribution in [0.2, 0.25) is 0 Å². The molecular weight excluding hydrogens is 226 g/mol. The minimum atomic E-state index is -0.626. The van der Waals surface area contributed by atoms with Crippen molar-refractivity contribution < 1.29 is 10.2 Å². The molecule has 1 saturated heterocycles. The summed E-state index contributed by atoms with van der Waals surface area (Å²) in [6.45, 7) is 8.33. The Balaban J connectivity index is 2.13. The zero-order valence-corrected chi connectivity index (χ0v) is 11.5. The number of anilines is 1. The van der Waals surface area contributed by atoms with E-state index in [9.17, 15) is 10.2 Å². The predicted octanol–water partition coefficient (Wildman–Crippen LogP) is 3.07. The van der Waals surface area contributed by atoms with Crippen molar-refractivity contribution in [1.29, 1.82) is 0 Å². The fourth-order valence-electron chi connectivity index (χ4n) is 2.45. The van der Waals surface area contributed by atoms with Gasteiger partial charge in [-0.2, -0.15) is 0 Å². The van der Waals surface area contributed by atoms with Gasteiger partial charge in [0.1, 0.15) is 5.75 Å². The van der Waals surface area contributed by atoms with Gasteiger partial charge in [0.05, 0.1) is 6.10 Å². The van der Waals surface area contributed by atoms with Crippen molar-refractivity contribution in [2.75, 3.05) is 18.0 Å². The van der Waals surface area contributed by atoms with Crippen LogP contribution >= 0.6 is 0 Å². The first-order valence-corrected chi connectivity index (χ1v) is 6.65. The molecule has 3 nitrogen and oxygen atoms in total. The minimum absolute atomic E-state index is 0.187. The lowest BCUT2D eigenvalue weighted by Crippen LogP contribution is -2.37. The number of aliphatic hydroxyl groups excluding tert-OH is 1. The van der Waals surface area contributed by atoms with E-state index in [-0.39, 0.29) is 5.75 Å². The first-order valence-electron chi connectivity index (χ1n) is 6.65. The molecular formula is C15H23NO2. The number of phenolic OH excluding ortho intramolecular Hbond substituents is 1. The zero-order chi connectivity index (χ0) is 13.3. The van der Waals surface area contributed by atoms with Gasteiger partial charge in [-0.05, 0) is 31.2 Å². The number of aromatic hydroxyl groups is 1. The van der Waals surface area contributed by atoms with E-state index in [1.165, 1.54) is 12.8 Å². The van der Waals surface area contributed by atoms with Gasteiger partial charge in [0.2, 0.25) is 0 Å². The topological polar surface area (TPSA) is 43.7 Å². The molecule has 0 amide bonds. The average molecular weight is 249 g/mol. The number of rotatable bonds is 2. The first-order chi connectivity index (χ1) is 8.39. The molecule has 18 heavy (non-hydrogen) atoms. The van der Waals surface area contributed by atoms with Gasteiger partial charge in [-0.3, -0.25) is 0 Å². The second-order valence-corrected chi connectivity index (χ2v) is 6.07. The summed E-state index contributed by atoms with van der Waals surface area (Å²) in [5.41, 5.74) is 2.07. The molecule has 1 unspecified atom stereocenters. The number of hydrogen-bond donors (Lipinski definition) is 2. The third kappa shape index (κ3) is 2.78. The summed E-state index contributed by atoms with van der Waals surface area (Å²) >= 11 is 0. The summed E-state index contributed by atoms with van der Waals surface area (Å²) < 4.78 is 0. The van der Waals surface area contributed by atoms with E-state index in [0.717, 1.165) is 18.8 Å². The highest BCUT2D eigenvalue weighted by Crippen LogP contribution is 2.34. The standard InChI is InChI=1S/C15H23NO2/c1-11(17)13-5-4-12(10-14(13)18)16-8-6-15(2,3)7-9-16/h4-5,10-11,17-18H,6-9H2,1-3H3. The molecule has 1 atom stereocenters. The second-order valence-electron chi connectivity index (χ2n) is 6.07. The Labute approximate surface area is 109 Å². The Hall–Kier alpha value is -1.22. The van der Waals surface area contributed by atoms with E-state index < -0.39 is 6.10 Å². The number of aliphatic hydroxyl groups is 1. The van der Waals surface area contributed by atoms with Crippen molar-refractivity contribution in [2.24, 2.45) is 5.41 Å². The molecule has 0 bridgehead atoms. The fourth-order valence-corrected chi connectivity index (χ4v) is 2.45. The molecule has 0 saturated carbocycles. The molecule has 1 aliphatic heterocycles. The van der Waals surface area contributed by atoms with Gasteiger partial charge in [-0.25, -0.2) is 0 Å². The number of piperidine rings is 1. The summed E-state index contributed by atoms with van der Waals surface area (Å²) in [5, 5.41) is 19.4. The van der Waals surface area contributed by atoms with E-state index in [2.05, 4.69) is 18.7 Å². The first kappa shape index (κ1) is 13.2. The zero-order valence-electron chi connectivity index (χ0n) is 11.5. The van der Waals surface area contributed by atoms with Crippen molar-refractivity contribution in [1.82, 2.24) is 0 Å². The second kappa shape index (κ2) is 4.81. The van der Waals surface area contributed by atoms with E-state index in [4.69, 9.17) is 0 Å². The van der Waals surface area contributed by atoms with Crippen LogP contribution in [0.5, 0.6) is 5.75 Å². The highest BCUT2D eigenvalue weighted by atomic mass is 16.3. The normalized spacial score (nSPS) is 20.8. The van der Waals surface area contributed by atoms with Crippen molar-refractivity contribution in [3.63, 3.8) is 0 Å². The molecule has 0 aromatic heterocycles. The maximum absolute atomic E-state index is 9.91. The molecule has 0 aliphatic carbocycles. The van der Waals surface area contributed by atoms with Crippen LogP contribution < -0.4 is 4.90 Å². The van der Waals surface area contributed by atoms with E-state index in [0.29, 0.717) is 11.0 Å². The monoisotopic (exact) mass is 249 g/mol. The van der Waals surface area contributed by atoms with Gasteiger partial charge in [-0.1, -0.05) is 19.9 Å². The van der Waals surface area contributed by atoms with Crippen molar-refractivity contribution in [2.45, 2.75) is 39.7 Å². The predicted molar refractivity (Wildman–Crippen MR) is 74.0 cm³/mol. The summed E-state index contributed by atoms with van der Waals surface area (Å²) in [5.74, 6) is 0.187. The quantitative estimate of drug-likeness (QED) is 0.846. The Bertz CT molecular complexity index is 417. The van der Waals surface area contributed by atoms with E-state index in [1.54, 1.807) is 13.0 Å². The van der Waals surface area contributed by atoms with Crippen LogP contribution in [-0.4, -0.2) is 23.3 Å². The third-order valence-corrected chi connectivity index (χ3v) is 3.95. The maximum Gasteiger partial charge on any atom is 0.123 e. The molecule has 2 rings (SSSR count). The molecule has 1 aliphatic rings. The smallest absolute Gasteiger partial charge is 0.123 e. The summed E-state index contributed by atoms with van der Waals surface area (Å²) in [6, 6.07) is 5.57. The van der Waals surface area contributed by atoms with Crippen molar-refractivity contribution >= 4 is 5.69 Å². The highest BCUT2D eigenvalue weighted by molar-refractivity contribution is 5.54. The molecule has 1 heterocycles. The Morgan fingerprint density at radius 3 is 2.33 bits per heavy atom. The molecule has 100 valence electrons. The molecule has 1 fully saturated rings. The Morgan fingerprint density at radius 2 is 1.83 bits per heavy atom. The van der Waals surface area contributed by atoms with Crippen LogP contribution in [0.15, 0.2) is 18.2 Å². The van der Waals surface area contributed by atoms with Crippen LogP contribution in [0.1, 0.15) is 45.3 Å². The Kier molecular flexibility index (Phi) is 3.53. The molecule has 0 radical (unpaired) electrons. The van der Waals surface area contributed by atoms with Gasteiger partial charge < -0.3 is 15.1 Å². The highest BCUT2D eigenvalue weighted by Gasteiger charge is 2.25. The largest absolute Gasteiger partial charge is 0.507 e. The van der Waals surface area contributed by atoms with Gasteiger partial charge in [0.15, 0.2) is 0 Å². The van der Waals surface area contributed by atoms with E-state index in [1.807, 2.05) is 12.1 Å². The summed E-state index contributed by atoms with van der Waals surface area (Å²) in [7, 11) is 0. The Morgan fingerprint density at radius 1 is 1.22 bits per heavy atom. The molecule has 1 aromatic carbocycles. The molecule has 0 spiro atoms. The van der Waals surface area contributed by atoms with Crippen LogP contribution in [0.3, 0.4) is 0 Å². The van der Waals surface area contributed by atoms with Crippen molar-refractivity contribution in [3.8, 4) is 5.75 Å². The van der Waals surface area contributed by atoms with Crippen LogP contribution in [-0.2, 0) is 0 Å². The van der Waals surface area contributed by atoms with E-state index >= 15 is 0 Å². The maximum atomic E-state index is 9.91. The van der Waals surface area contributed by atoms with Crippen LogP contribution in [0.25, 0.3) is 0 Å². The van der Waals surface area contributed by atoms with Crippen LogP contribution in [0, 0.1) is 5.41 Å². The fraction of sp³-hybridized carbons (Fsp3) is 0.600. The van der Waals surface area contributed by atoms with Gasteiger partial charge in [0.25, 0.3) is 0 Å². The number of phenols is 1. The summed E-state index contributed by atoms with van der Waals surface area (Å²) in [6.07, 6.45) is 1.72. The SMILES string of the molecule is CC(O)c1ccc(N2CCC(C)(C)CC2)cc1O. The minimum Gasteiger partial charge on any atom is -0.507 e. The number of benzene rings is 1.